The fourth-order valence-electron chi connectivity index (χ4n) is 1.03. The van der Waals surface area contributed by atoms with Gasteiger partial charge in [0.15, 0.2) is 4.34 Å². The van der Waals surface area contributed by atoms with Gasteiger partial charge in [0.25, 0.3) is 0 Å². The van der Waals surface area contributed by atoms with E-state index in [1.807, 2.05) is 18.7 Å². The maximum absolute atomic E-state index is 4.12. The number of hydrogen-bond donors (Lipinski definition) is 0. The molecule has 0 amide bonds. The molecule has 15 heavy (non-hydrogen) atoms. The topological polar surface area (TPSA) is 25.8 Å². The van der Waals surface area contributed by atoms with Crippen molar-refractivity contribution in [2.45, 2.75) is 32.0 Å². The summed E-state index contributed by atoms with van der Waals surface area (Å²) >= 11 is 7.08. The summed E-state index contributed by atoms with van der Waals surface area (Å²) in [5.74, 6) is 1.76. The van der Waals surface area contributed by atoms with Crippen molar-refractivity contribution in [2.75, 3.05) is 11.1 Å². The van der Waals surface area contributed by atoms with Gasteiger partial charge in [-0.15, -0.1) is 10.2 Å². The molecule has 0 fully saturated rings. The maximum Gasteiger partial charge on any atom is 0.174 e. The minimum atomic E-state index is 0.343. The SMILES string of the molecule is Cc1nnc(SCC(CBr)C(C)(C)C)s1. The first-order valence-electron chi connectivity index (χ1n) is 4.92. The summed E-state index contributed by atoms with van der Waals surface area (Å²) in [7, 11) is 0. The quantitative estimate of drug-likeness (QED) is 0.621. The number of nitrogens with zero attached hydrogens (tertiary/aromatic N) is 2. The van der Waals surface area contributed by atoms with Gasteiger partial charge in [-0.05, 0) is 18.3 Å². The molecule has 0 saturated carbocycles. The average molecular weight is 309 g/mol. The van der Waals surface area contributed by atoms with Crippen LogP contribution in [0.1, 0.15) is 25.8 Å². The molecular formula is C10H17BrN2S2. The number of halogens is 1. The molecular weight excluding hydrogens is 292 g/mol. The van der Waals surface area contributed by atoms with Gasteiger partial charge in [0.1, 0.15) is 5.01 Å². The number of hydrogen-bond acceptors (Lipinski definition) is 4. The second-order valence-corrected chi connectivity index (χ2v) is 7.71. The minimum absolute atomic E-state index is 0.343. The van der Waals surface area contributed by atoms with Crippen molar-refractivity contribution in [3.05, 3.63) is 5.01 Å². The molecule has 1 heterocycles. The van der Waals surface area contributed by atoms with Gasteiger partial charge in [-0.2, -0.15) is 0 Å². The van der Waals surface area contributed by atoms with E-state index in [0.29, 0.717) is 11.3 Å². The van der Waals surface area contributed by atoms with Gasteiger partial charge >= 0.3 is 0 Å². The van der Waals surface area contributed by atoms with Gasteiger partial charge in [0.05, 0.1) is 0 Å². The first-order chi connectivity index (χ1) is 6.93. The Bertz CT molecular complexity index is 307. The third kappa shape index (κ3) is 4.41. The molecule has 0 aromatic carbocycles. The van der Waals surface area contributed by atoms with Crippen molar-refractivity contribution in [3.8, 4) is 0 Å². The fraction of sp³-hybridized carbons (Fsp3) is 0.800. The van der Waals surface area contributed by atoms with Gasteiger partial charge in [0.2, 0.25) is 0 Å². The summed E-state index contributed by atoms with van der Waals surface area (Å²) in [6.45, 7) is 8.84. The molecule has 0 bridgehead atoms. The lowest BCUT2D eigenvalue weighted by Gasteiger charge is -2.28. The van der Waals surface area contributed by atoms with Gasteiger partial charge in [-0.25, -0.2) is 0 Å². The molecule has 0 radical (unpaired) electrons. The Labute approximate surface area is 108 Å². The fourth-order valence-corrected chi connectivity index (χ4v) is 4.82. The predicted molar refractivity (Wildman–Crippen MR) is 72.1 cm³/mol. The monoisotopic (exact) mass is 308 g/mol. The van der Waals surface area contributed by atoms with Crippen LogP contribution in [0.25, 0.3) is 0 Å². The second kappa shape index (κ2) is 5.64. The van der Waals surface area contributed by atoms with E-state index in [-0.39, 0.29) is 0 Å². The van der Waals surface area contributed by atoms with Crippen molar-refractivity contribution < 1.29 is 0 Å². The number of alkyl halides is 1. The molecule has 2 nitrogen and oxygen atoms in total. The molecule has 0 N–H and O–H groups in total. The van der Waals surface area contributed by atoms with E-state index in [9.17, 15) is 0 Å². The highest BCUT2D eigenvalue weighted by Crippen LogP contribution is 2.33. The zero-order valence-electron chi connectivity index (χ0n) is 9.58. The summed E-state index contributed by atoms with van der Waals surface area (Å²) in [6.07, 6.45) is 0. The highest BCUT2D eigenvalue weighted by atomic mass is 79.9. The highest BCUT2D eigenvalue weighted by molar-refractivity contribution is 9.09. The molecule has 0 aliphatic carbocycles. The lowest BCUT2D eigenvalue weighted by molar-refractivity contribution is 0.295. The smallest absolute Gasteiger partial charge is 0.143 e. The van der Waals surface area contributed by atoms with E-state index < -0.39 is 0 Å². The van der Waals surface area contributed by atoms with E-state index in [1.54, 1.807) is 11.3 Å². The van der Waals surface area contributed by atoms with Crippen LogP contribution in [-0.2, 0) is 0 Å². The van der Waals surface area contributed by atoms with E-state index in [1.165, 1.54) is 0 Å². The summed E-state index contributed by atoms with van der Waals surface area (Å²) in [4.78, 5) is 0. The van der Waals surface area contributed by atoms with Crippen molar-refractivity contribution in [2.24, 2.45) is 11.3 Å². The van der Waals surface area contributed by atoms with Gasteiger partial charge < -0.3 is 0 Å². The Balaban J connectivity index is 2.48. The third-order valence-electron chi connectivity index (χ3n) is 2.33. The number of aromatic nitrogens is 2. The first kappa shape index (κ1) is 13.5. The van der Waals surface area contributed by atoms with Crippen LogP contribution < -0.4 is 0 Å². The Morgan fingerprint density at radius 1 is 1.40 bits per heavy atom. The van der Waals surface area contributed by atoms with Crippen molar-refractivity contribution in [3.63, 3.8) is 0 Å². The second-order valence-electron chi connectivity index (χ2n) is 4.62. The molecule has 0 aliphatic rings. The molecule has 1 unspecified atom stereocenters. The normalized spacial score (nSPS) is 14.2. The van der Waals surface area contributed by atoms with Crippen LogP contribution in [0, 0.1) is 18.3 Å². The molecule has 5 heteroatoms. The highest BCUT2D eigenvalue weighted by Gasteiger charge is 2.23. The maximum atomic E-state index is 4.12. The zero-order valence-corrected chi connectivity index (χ0v) is 12.8. The molecule has 1 aromatic rings. The Morgan fingerprint density at radius 3 is 2.47 bits per heavy atom. The average Bonchev–Trinajstić information content (AvgIpc) is 2.50. The lowest BCUT2D eigenvalue weighted by atomic mass is 9.83. The van der Waals surface area contributed by atoms with E-state index >= 15 is 0 Å². The van der Waals surface area contributed by atoms with E-state index in [4.69, 9.17) is 0 Å². The molecule has 86 valence electrons. The van der Waals surface area contributed by atoms with Crippen LogP contribution in [0.4, 0.5) is 0 Å². The minimum Gasteiger partial charge on any atom is -0.143 e. The van der Waals surface area contributed by atoms with Gasteiger partial charge in [-0.3, -0.25) is 0 Å². The molecule has 0 spiro atoms. The lowest BCUT2D eigenvalue weighted by Crippen LogP contribution is -2.23. The third-order valence-corrected chi connectivity index (χ3v) is 5.24. The molecule has 1 aromatic heterocycles. The summed E-state index contributed by atoms with van der Waals surface area (Å²) < 4.78 is 1.09. The number of aryl methyl sites for hydroxylation is 1. The molecule has 0 aliphatic heterocycles. The standard InChI is InChI=1S/C10H17BrN2S2/c1-7-12-13-9(15-7)14-6-8(5-11)10(2,3)4/h8H,5-6H2,1-4H3. The van der Waals surface area contributed by atoms with Crippen LogP contribution in [0.5, 0.6) is 0 Å². The Morgan fingerprint density at radius 2 is 2.07 bits per heavy atom. The number of rotatable bonds is 4. The van der Waals surface area contributed by atoms with Crippen molar-refractivity contribution in [1.29, 1.82) is 0 Å². The van der Waals surface area contributed by atoms with Crippen LogP contribution in [0.2, 0.25) is 0 Å². The van der Waals surface area contributed by atoms with Crippen LogP contribution in [-0.4, -0.2) is 21.3 Å². The largest absolute Gasteiger partial charge is 0.174 e. The summed E-state index contributed by atoms with van der Waals surface area (Å²) in [6, 6.07) is 0. The predicted octanol–water partition coefficient (Wildman–Crippen LogP) is 4.00. The Kier molecular flexibility index (Phi) is 5.06. The van der Waals surface area contributed by atoms with E-state index in [0.717, 1.165) is 20.4 Å². The van der Waals surface area contributed by atoms with Crippen molar-refractivity contribution >= 4 is 39.0 Å². The van der Waals surface area contributed by atoms with Crippen LogP contribution in [0.3, 0.4) is 0 Å². The van der Waals surface area contributed by atoms with Gasteiger partial charge in [-0.1, -0.05) is 59.8 Å². The summed E-state index contributed by atoms with van der Waals surface area (Å²) in [5, 5.41) is 10.2. The zero-order chi connectivity index (χ0) is 11.5. The van der Waals surface area contributed by atoms with E-state index in [2.05, 4.69) is 46.9 Å². The number of thioether (sulfide) groups is 1. The van der Waals surface area contributed by atoms with Crippen LogP contribution in [0.15, 0.2) is 4.34 Å². The summed E-state index contributed by atoms with van der Waals surface area (Å²) in [5.41, 5.74) is 0.343. The molecule has 1 rings (SSSR count). The Hall–Kier alpha value is 0.390. The molecule has 0 saturated heterocycles. The van der Waals surface area contributed by atoms with Crippen molar-refractivity contribution in [1.82, 2.24) is 10.2 Å². The van der Waals surface area contributed by atoms with Crippen LogP contribution >= 0.6 is 39.0 Å². The first-order valence-corrected chi connectivity index (χ1v) is 7.84. The molecule has 1 atom stereocenters. The van der Waals surface area contributed by atoms with Gasteiger partial charge in [0, 0.05) is 11.1 Å².